The zero-order chi connectivity index (χ0) is 24.4. The summed E-state index contributed by atoms with van der Waals surface area (Å²) in [6, 6.07) is 20.7. The first-order valence-electron chi connectivity index (χ1n) is 11.4. The number of hydrogen-bond donors (Lipinski definition) is 0. The Labute approximate surface area is 207 Å². The molecule has 1 aliphatic heterocycles. The molecule has 35 heavy (non-hydrogen) atoms. The van der Waals surface area contributed by atoms with Gasteiger partial charge in [-0.1, -0.05) is 36.4 Å². The fourth-order valence-corrected chi connectivity index (χ4v) is 4.97. The van der Waals surface area contributed by atoms with E-state index in [-0.39, 0.29) is 30.7 Å². The van der Waals surface area contributed by atoms with Crippen molar-refractivity contribution in [2.45, 2.75) is 19.4 Å². The molecule has 5 rings (SSSR count). The van der Waals surface area contributed by atoms with Crippen molar-refractivity contribution in [1.29, 1.82) is 0 Å². The van der Waals surface area contributed by atoms with Crippen LogP contribution in [0.3, 0.4) is 0 Å². The molecule has 0 aliphatic carbocycles. The minimum absolute atomic E-state index is 0.0498. The number of benzene rings is 2. The number of amides is 3. The quantitative estimate of drug-likeness (QED) is 0.342. The Morgan fingerprint density at radius 3 is 2.29 bits per heavy atom. The maximum Gasteiger partial charge on any atom is 0.261 e. The second kappa shape index (κ2) is 9.68. The van der Waals surface area contributed by atoms with Gasteiger partial charge in [0, 0.05) is 38.3 Å². The number of para-hydroxylation sites is 1. The number of fused-ring (bicyclic) bond motifs is 1. The summed E-state index contributed by atoms with van der Waals surface area (Å²) in [6.07, 6.45) is 2.62. The third-order valence-corrected chi connectivity index (χ3v) is 6.93. The summed E-state index contributed by atoms with van der Waals surface area (Å²) in [5.41, 5.74) is 3.61. The zero-order valence-electron chi connectivity index (χ0n) is 19.3. The number of imide groups is 1. The van der Waals surface area contributed by atoms with Gasteiger partial charge in [0.2, 0.25) is 5.91 Å². The summed E-state index contributed by atoms with van der Waals surface area (Å²) >= 11 is 1.61. The molecule has 0 fully saturated rings. The standard InChI is InChI=1S/C27H24N4O3S/c1-29(24(32)14-7-15-30-26(33)21-11-5-6-12-22(21)27(30)34)17-19-18-31(20-9-3-2-4-10-20)28-25(19)23-13-8-16-35-23/h2-6,8-13,16,18H,7,14-15,17H2,1H3. The third kappa shape index (κ3) is 4.52. The molecule has 0 bridgehead atoms. The number of thiophene rings is 1. The van der Waals surface area contributed by atoms with E-state index in [1.54, 1.807) is 47.5 Å². The summed E-state index contributed by atoms with van der Waals surface area (Å²) in [4.78, 5) is 41.9. The van der Waals surface area contributed by atoms with Crippen LogP contribution in [0.2, 0.25) is 0 Å². The fourth-order valence-electron chi connectivity index (χ4n) is 4.22. The average Bonchev–Trinajstić information content (AvgIpc) is 3.61. The Morgan fingerprint density at radius 2 is 1.63 bits per heavy atom. The van der Waals surface area contributed by atoms with E-state index < -0.39 is 0 Å². The van der Waals surface area contributed by atoms with E-state index in [9.17, 15) is 14.4 Å². The third-order valence-electron chi connectivity index (χ3n) is 6.05. The Bertz CT molecular complexity index is 1340. The number of carbonyl (C=O) groups is 3. The van der Waals surface area contributed by atoms with Gasteiger partial charge in [-0.15, -0.1) is 11.3 Å². The smallest absolute Gasteiger partial charge is 0.261 e. The van der Waals surface area contributed by atoms with Crippen LogP contribution >= 0.6 is 11.3 Å². The molecule has 0 saturated carbocycles. The van der Waals surface area contributed by atoms with Crippen molar-refractivity contribution >= 4 is 29.1 Å². The monoisotopic (exact) mass is 484 g/mol. The highest BCUT2D eigenvalue weighted by Crippen LogP contribution is 2.29. The Balaban J connectivity index is 1.24. The first-order valence-corrected chi connectivity index (χ1v) is 12.3. The molecule has 7 nitrogen and oxygen atoms in total. The Kier molecular flexibility index (Phi) is 6.29. The predicted octanol–water partition coefficient (Wildman–Crippen LogP) is 4.64. The Morgan fingerprint density at radius 1 is 0.943 bits per heavy atom. The van der Waals surface area contributed by atoms with Gasteiger partial charge in [-0.2, -0.15) is 5.10 Å². The summed E-state index contributed by atoms with van der Waals surface area (Å²) < 4.78 is 1.84. The highest BCUT2D eigenvalue weighted by Gasteiger charge is 2.34. The van der Waals surface area contributed by atoms with Gasteiger partial charge in [0.1, 0.15) is 5.69 Å². The average molecular weight is 485 g/mol. The van der Waals surface area contributed by atoms with Crippen LogP contribution in [0.1, 0.15) is 39.1 Å². The lowest BCUT2D eigenvalue weighted by Crippen LogP contribution is -2.32. The fraction of sp³-hybridized carbons (Fsp3) is 0.185. The van der Waals surface area contributed by atoms with Gasteiger partial charge < -0.3 is 4.90 Å². The van der Waals surface area contributed by atoms with Crippen LogP contribution in [0.4, 0.5) is 0 Å². The van der Waals surface area contributed by atoms with Crippen molar-refractivity contribution in [1.82, 2.24) is 19.6 Å². The summed E-state index contributed by atoms with van der Waals surface area (Å²) in [7, 11) is 1.77. The number of rotatable bonds is 8. The minimum atomic E-state index is -0.291. The van der Waals surface area contributed by atoms with Crippen LogP contribution in [0.15, 0.2) is 78.3 Å². The molecule has 0 saturated heterocycles. The van der Waals surface area contributed by atoms with E-state index in [1.165, 1.54) is 4.90 Å². The molecule has 0 spiro atoms. The molecule has 3 heterocycles. The molecule has 1 aliphatic rings. The van der Waals surface area contributed by atoms with Crippen molar-refractivity contribution in [3.8, 4) is 16.3 Å². The van der Waals surface area contributed by atoms with E-state index in [0.29, 0.717) is 24.1 Å². The first-order chi connectivity index (χ1) is 17.0. The van der Waals surface area contributed by atoms with E-state index in [4.69, 9.17) is 5.10 Å². The second-order valence-electron chi connectivity index (χ2n) is 8.42. The molecule has 0 radical (unpaired) electrons. The summed E-state index contributed by atoms with van der Waals surface area (Å²) in [5.74, 6) is -0.633. The van der Waals surface area contributed by atoms with Crippen molar-refractivity contribution in [3.05, 3.63) is 95.0 Å². The van der Waals surface area contributed by atoms with Crippen LogP contribution < -0.4 is 0 Å². The molecule has 0 unspecified atom stereocenters. The summed E-state index contributed by atoms with van der Waals surface area (Å²) in [5, 5.41) is 6.80. The SMILES string of the molecule is CN(Cc1cn(-c2ccccc2)nc1-c1cccs1)C(=O)CCCN1C(=O)c2ccccc2C1=O. The van der Waals surface area contributed by atoms with E-state index >= 15 is 0 Å². The predicted molar refractivity (Wildman–Crippen MR) is 134 cm³/mol. The van der Waals surface area contributed by atoms with E-state index in [1.807, 2.05) is 58.7 Å². The van der Waals surface area contributed by atoms with Crippen molar-refractivity contribution < 1.29 is 14.4 Å². The van der Waals surface area contributed by atoms with Crippen molar-refractivity contribution in [2.75, 3.05) is 13.6 Å². The lowest BCUT2D eigenvalue weighted by Gasteiger charge is -2.18. The van der Waals surface area contributed by atoms with Gasteiger partial charge in [0.05, 0.1) is 21.7 Å². The lowest BCUT2D eigenvalue weighted by atomic mass is 10.1. The van der Waals surface area contributed by atoms with E-state index in [2.05, 4.69) is 0 Å². The van der Waals surface area contributed by atoms with E-state index in [0.717, 1.165) is 21.8 Å². The largest absolute Gasteiger partial charge is 0.341 e. The first kappa shape index (κ1) is 22.7. The van der Waals surface area contributed by atoms with Crippen LogP contribution in [0.5, 0.6) is 0 Å². The van der Waals surface area contributed by atoms with Crippen LogP contribution in [-0.2, 0) is 11.3 Å². The van der Waals surface area contributed by atoms with Gasteiger partial charge >= 0.3 is 0 Å². The van der Waals surface area contributed by atoms with Crippen molar-refractivity contribution in [2.24, 2.45) is 0 Å². The lowest BCUT2D eigenvalue weighted by molar-refractivity contribution is -0.130. The topological polar surface area (TPSA) is 75.5 Å². The number of nitrogens with zero attached hydrogens (tertiary/aromatic N) is 4. The van der Waals surface area contributed by atoms with Crippen molar-refractivity contribution in [3.63, 3.8) is 0 Å². The molecule has 2 aromatic carbocycles. The normalized spacial score (nSPS) is 12.8. The number of carbonyl (C=O) groups excluding carboxylic acids is 3. The van der Waals surface area contributed by atoms with Gasteiger partial charge in [0.25, 0.3) is 11.8 Å². The molecule has 176 valence electrons. The maximum absolute atomic E-state index is 12.9. The van der Waals surface area contributed by atoms with Crippen LogP contribution in [0, 0.1) is 0 Å². The minimum Gasteiger partial charge on any atom is -0.341 e. The maximum atomic E-state index is 12.9. The van der Waals surface area contributed by atoms with Crippen LogP contribution in [0.25, 0.3) is 16.3 Å². The molecule has 0 atom stereocenters. The second-order valence-corrected chi connectivity index (χ2v) is 9.37. The molecule has 8 heteroatoms. The highest BCUT2D eigenvalue weighted by atomic mass is 32.1. The number of hydrogen-bond acceptors (Lipinski definition) is 5. The molecule has 0 N–H and O–H groups in total. The Hall–Kier alpha value is -4.04. The molecule has 4 aromatic rings. The van der Waals surface area contributed by atoms with Gasteiger partial charge in [-0.3, -0.25) is 19.3 Å². The van der Waals surface area contributed by atoms with Gasteiger partial charge in [-0.05, 0) is 42.1 Å². The highest BCUT2D eigenvalue weighted by molar-refractivity contribution is 7.13. The van der Waals surface area contributed by atoms with Crippen LogP contribution in [-0.4, -0.2) is 50.9 Å². The molecule has 3 amide bonds. The molecular weight excluding hydrogens is 460 g/mol. The number of aromatic nitrogens is 2. The molecular formula is C27H24N4O3S. The zero-order valence-corrected chi connectivity index (χ0v) is 20.1. The summed E-state index contributed by atoms with van der Waals surface area (Å²) in [6.45, 7) is 0.629. The van der Waals surface area contributed by atoms with Gasteiger partial charge in [0.15, 0.2) is 0 Å². The molecule has 2 aromatic heterocycles. The van der Waals surface area contributed by atoms with Gasteiger partial charge in [-0.25, -0.2) is 4.68 Å².